The number of hydrogen-bond donors (Lipinski definition) is 0. The van der Waals surface area contributed by atoms with E-state index in [2.05, 4.69) is 27.7 Å². The first-order valence-corrected chi connectivity index (χ1v) is 35.6. The van der Waals surface area contributed by atoms with Gasteiger partial charge in [0.25, 0.3) is 0 Å². The van der Waals surface area contributed by atoms with E-state index in [1.165, 1.54) is 327 Å². The summed E-state index contributed by atoms with van der Waals surface area (Å²) >= 11 is 17.4. The Morgan fingerprint density at radius 3 is 0.480 bits per heavy atom. The van der Waals surface area contributed by atoms with E-state index in [0.717, 1.165) is 60.1 Å². The Hall–Kier alpha value is -0.330. The molecule has 0 fully saturated rings. The molecule has 0 radical (unpaired) electrons. The minimum absolute atomic E-state index is 0.339. The molecule has 0 amide bonds. The molecule has 0 aliphatic heterocycles. The van der Waals surface area contributed by atoms with Crippen molar-refractivity contribution in [3.63, 3.8) is 0 Å². The van der Waals surface area contributed by atoms with Gasteiger partial charge in [-0.2, -0.15) is 0 Å². The van der Waals surface area contributed by atoms with E-state index in [1.807, 2.05) is 0 Å². The quantitative estimate of drug-likeness (QED) is 0.0445. The van der Waals surface area contributed by atoms with Crippen molar-refractivity contribution in [1.29, 1.82) is 0 Å². The van der Waals surface area contributed by atoms with Crippen LogP contribution >= 0.6 is 36.7 Å². The first-order chi connectivity index (χ1) is 36.9. The maximum absolute atomic E-state index is 6.38. The molecule has 6 heteroatoms. The van der Waals surface area contributed by atoms with Crippen molar-refractivity contribution in [1.82, 2.24) is 0 Å². The molecule has 0 aliphatic carbocycles. The van der Waals surface area contributed by atoms with Crippen molar-refractivity contribution in [2.75, 3.05) is 19.8 Å². The standard InChI is InChI=1S/C69H134O3S3/c1-5-9-12-15-18-21-24-27-30-33-36-39-42-45-48-51-54-57-60-66(73)70-63-69(8-4,64-71-67(74)61-58-55-52-49-46-43-40-37-34-31-28-25-22-19-16-13-10-6-2)65-72-68(75)62-59-56-53-50-47-44-41-38-35-32-29-26-23-20-17-14-11-7-3/h5-65H2,1-4H3. The first kappa shape index (κ1) is 74.7. The summed E-state index contributed by atoms with van der Waals surface area (Å²) in [6.07, 6.45) is 78.2. The van der Waals surface area contributed by atoms with Gasteiger partial charge in [0.15, 0.2) is 15.2 Å². The van der Waals surface area contributed by atoms with Crippen LogP contribution in [0.15, 0.2) is 0 Å². The molecular weight excluding hydrogens is 973 g/mol. The van der Waals surface area contributed by atoms with Gasteiger partial charge in [-0.25, -0.2) is 0 Å². The monoisotopic (exact) mass is 1110 g/mol. The van der Waals surface area contributed by atoms with Crippen LogP contribution < -0.4 is 0 Å². The molecule has 0 aliphatic rings. The maximum Gasteiger partial charge on any atom is 0.159 e. The normalized spacial score (nSPS) is 11.7. The molecule has 0 atom stereocenters. The van der Waals surface area contributed by atoms with Crippen LogP contribution in [0.25, 0.3) is 0 Å². The molecule has 0 saturated carbocycles. The molecule has 3 nitrogen and oxygen atoms in total. The fraction of sp³-hybridized carbons (Fsp3) is 0.957. The van der Waals surface area contributed by atoms with Crippen LogP contribution in [0.1, 0.15) is 400 Å². The minimum Gasteiger partial charge on any atom is -0.486 e. The van der Waals surface area contributed by atoms with Crippen molar-refractivity contribution in [3.05, 3.63) is 0 Å². The summed E-state index contributed by atoms with van der Waals surface area (Å²) in [6.45, 7) is 10.6. The van der Waals surface area contributed by atoms with Crippen LogP contribution in [0.2, 0.25) is 0 Å². The second kappa shape index (κ2) is 62.9. The molecule has 0 spiro atoms. The lowest BCUT2D eigenvalue weighted by Gasteiger charge is -2.32. The molecule has 0 aromatic rings. The average Bonchev–Trinajstić information content (AvgIpc) is 3.41. The third kappa shape index (κ3) is 58.1. The predicted molar refractivity (Wildman–Crippen MR) is 349 cm³/mol. The maximum atomic E-state index is 6.38. The van der Waals surface area contributed by atoms with E-state index in [4.69, 9.17) is 50.9 Å². The molecule has 75 heavy (non-hydrogen) atoms. The Morgan fingerprint density at radius 2 is 0.347 bits per heavy atom. The number of rotatable bonds is 64. The topological polar surface area (TPSA) is 27.7 Å². The van der Waals surface area contributed by atoms with Crippen molar-refractivity contribution in [2.45, 2.75) is 400 Å². The van der Waals surface area contributed by atoms with E-state index >= 15 is 0 Å². The van der Waals surface area contributed by atoms with Crippen LogP contribution in [-0.4, -0.2) is 35.0 Å². The zero-order valence-corrected chi connectivity index (χ0v) is 54.0. The summed E-state index contributed by atoms with van der Waals surface area (Å²) in [5.74, 6) is 0. The summed E-state index contributed by atoms with van der Waals surface area (Å²) < 4.78 is 19.1. The SMILES string of the molecule is CCCCCCCCCCCCCCCCCCCCC(=S)OCC(CC)(COC(=S)CCCCCCCCCCCCCCCCCCCC)COC(=S)CCCCCCCCCCCCCCCCCCCC. The highest BCUT2D eigenvalue weighted by Gasteiger charge is 2.33. The molecule has 446 valence electrons. The van der Waals surface area contributed by atoms with Gasteiger partial charge in [-0.3, -0.25) is 0 Å². The van der Waals surface area contributed by atoms with Gasteiger partial charge in [-0.1, -0.05) is 355 Å². The lowest BCUT2D eigenvalue weighted by molar-refractivity contribution is 0.0177. The molecule has 0 aromatic carbocycles. The Labute approximate surface area is 488 Å². The van der Waals surface area contributed by atoms with E-state index < -0.39 is 0 Å². The highest BCUT2D eigenvalue weighted by Crippen LogP contribution is 2.27. The highest BCUT2D eigenvalue weighted by molar-refractivity contribution is 7.80. The summed E-state index contributed by atoms with van der Waals surface area (Å²) in [6, 6.07) is 0. The van der Waals surface area contributed by atoms with Gasteiger partial charge in [0, 0.05) is 19.3 Å². The van der Waals surface area contributed by atoms with Crippen LogP contribution in [0, 0.1) is 5.41 Å². The fourth-order valence-electron chi connectivity index (χ4n) is 10.9. The van der Waals surface area contributed by atoms with Crippen molar-refractivity contribution in [3.8, 4) is 0 Å². The number of thiocarbonyl (C=S) groups is 3. The van der Waals surface area contributed by atoms with Crippen LogP contribution in [0.4, 0.5) is 0 Å². The Kier molecular flexibility index (Phi) is 62.6. The summed E-state index contributed by atoms with van der Waals surface area (Å²) in [5.41, 5.74) is -0.339. The zero-order valence-electron chi connectivity index (χ0n) is 51.6. The van der Waals surface area contributed by atoms with Crippen molar-refractivity contribution >= 4 is 51.8 Å². The van der Waals surface area contributed by atoms with Crippen molar-refractivity contribution in [2.24, 2.45) is 5.41 Å². The van der Waals surface area contributed by atoms with E-state index in [9.17, 15) is 0 Å². The van der Waals surface area contributed by atoms with Crippen LogP contribution in [-0.2, 0) is 14.2 Å². The zero-order chi connectivity index (χ0) is 54.5. The van der Waals surface area contributed by atoms with Gasteiger partial charge in [0.1, 0.15) is 19.8 Å². The van der Waals surface area contributed by atoms with Crippen LogP contribution in [0.5, 0.6) is 0 Å². The predicted octanol–water partition coefficient (Wildman–Crippen LogP) is 25.7. The van der Waals surface area contributed by atoms with E-state index in [1.54, 1.807) is 0 Å². The van der Waals surface area contributed by atoms with Crippen molar-refractivity contribution < 1.29 is 14.2 Å². The van der Waals surface area contributed by atoms with Gasteiger partial charge in [-0.05, 0) is 62.3 Å². The van der Waals surface area contributed by atoms with Gasteiger partial charge < -0.3 is 14.2 Å². The number of ether oxygens (including phenoxy) is 3. The summed E-state index contributed by atoms with van der Waals surface area (Å²) in [4.78, 5) is 0. The molecule has 0 saturated heterocycles. The van der Waals surface area contributed by atoms with Gasteiger partial charge >= 0.3 is 0 Å². The largest absolute Gasteiger partial charge is 0.486 e. The first-order valence-electron chi connectivity index (χ1n) is 34.4. The molecular formula is C69H134O3S3. The van der Waals surface area contributed by atoms with Gasteiger partial charge in [0.05, 0.1) is 5.41 Å². The fourth-order valence-corrected chi connectivity index (χ4v) is 11.5. The van der Waals surface area contributed by atoms with E-state index in [-0.39, 0.29) is 5.41 Å². The lowest BCUT2D eigenvalue weighted by Crippen LogP contribution is -2.38. The smallest absolute Gasteiger partial charge is 0.159 e. The summed E-state index contributed by atoms with van der Waals surface area (Å²) in [5, 5.41) is 2.19. The van der Waals surface area contributed by atoms with Gasteiger partial charge in [0.2, 0.25) is 0 Å². The minimum atomic E-state index is -0.339. The number of unbranched alkanes of at least 4 members (excludes halogenated alkanes) is 51. The molecule has 0 aromatic heterocycles. The lowest BCUT2D eigenvalue weighted by atomic mass is 9.88. The molecule has 0 rings (SSSR count). The third-order valence-electron chi connectivity index (χ3n) is 16.6. The van der Waals surface area contributed by atoms with Gasteiger partial charge in [-0.15, -0.1) is 0 Å². The number of hydrogen-bond acceptors (Lipinski definition) is 6. The molecule has 0 bridgehead atoms. The Morgan fingerprint density at radius 1 is 0.213 bits per heavy atom. The molecule has 0 heterocycles. The Balaban J connectivity index is 4.48. The second-order valence-electron chi connectivity index (χ2n) is 24.1. The second-order valence-corrected chi connectivity index (χ2v) is 25.5. The third-order valence-corrected chi connectivity index (χ3v) is 17.5. The average molecular weight is 1110 g/mol. The van der Waals surface area contributed by atoms with E-state index in [0.29, 0.717) is 19.8 Å². The molecule has 0 unspecified atom stereocenters. The Bertz CT molecular complexity index is 1020. The highest BCUT2D eigenvalue weighted by atomic mass is 32.1. The molecule has 0 N–H and O–H groups in total. The summed E-state index contributed by atoms with van der Waals surface area (Å²) in [7, 11) is 0. The van der Waals surface area contributed by atoms with Crippen LogP contribution in [0.3, 0.4) is 0 Å².